The lowest BCUT2D eigenvalue weighted by Gasteiger charge is -2.33. The van der Waals surface area contributed by atoms with Crippen molar-refractivity contribution in [1.29, 1.82) is 0 Å². The molecule has 1 unspecified atom stereocenters. The lowest BCUT2D eigenvalue weighted by molar-refractivity contribution is -0.121. The van der Waals surface area contributed by atoms with Crippen molar-refractivity contribution >= 4 is 5.91 Å². The van der Waals surface area contributed by atoms with Gasteiger partial charge in [-0.1, -0.05) is 24.1 Å². The highest BCUT2D eigenvalue weighted by Crippen LogP contribution is 2.18. The van der Waals surface area contributed by atoms with Gasteiger partial charge in [-0.05, 0) is 45.4 Å². The molecule has 2 heterocycles. The van der Waals surface area contributed by atoms with E-state index in [9.17, 15) is 4.79 Å². The lowest BCUT2D eigenvalue weighted by Crippen LogP contribution is -2.42. The van der Waals surface area contributed by atoms with Crippen molar-refractivity contribution in [1.82, 2.24) is 20.4 Å². The number of aryl methyl sites for hydroxylation is 2. The van der Waals surface area contributed by atoms with Gasteiger partial charge in [0, 0.05) is 37.5 Å². The lowest BCUT2D eigenvalue weighted by atomic mass is 10.0. The average molecular weight is 356 g/mol. The first kappa shape index (κ1) is 18.6. The quantitative estimate of drug-likeness (QED) is 0.826. The van der Waals surface area contributed by atoms with E-state index in [1.54, 1.807) is 0 Å². The van der Waals surface area contributed by atoms with Gasteiger partial charge in [-0.3, -0.25) is 9.69 Å². The molecule has 140 valence electrons. The van der Waals surface area contributed by atoms with E-state index in [1.807, 2.05) is 31.2 Å². The SMILES string of the molecule is Cc1ccc(-c2nnc(CCC(=O)NCCN3CCCCC3C)o2)cc1. The van der Waals surface area contributed by atoms with Crippen molar-refractivity contribution in [2.45, 2.75) is 52.0 Å². The summed E-state index contributed by atoms with van der Waals surface area (Å²) in [5.74, 6) is 1.03. The molecule has 3 rings (SSSR count). The zero-order valence-electron chi connectivity index (χ0n) is 15.7. The Balaban J connectivity index is 1.40. The van der Waals surface area contributed by atoms with E-state index in [2.05, 4.69) is 27.3 Å². The van der Waals surface area contributed by atoms with Crippen LogP contribution in [0, 0.1) is 6.92 Å². The molecule has 0 spiro atoms. The molecule has 1 N–H and O–H groups in total. The third-order valence-electron chi connectivity index (χ3n) is 4.99. The predicted octanol–water partition coefficient (Wildman–Crippen LogP) is 2.97. The number of aromatic nitrogens is 2. The molecular weight excluding hydrogens is 328 g/mol. The standard InChI is InChI=1S/C20H28N4O2/c1-15-6-8-17(9-7-15)20-23-22-19(26-20)11-10-18(25)21-12-14-24-13-4-3-5-16(24)2/h6-9,16H,3-5,10-14H2,1-2H3,(H,21,25). The van der Waals surface area contributed by atoms with Gasteiger partial charge in [0.15, 0.2) is 0 Å². The summed E-state index contributed by atoms with van der Waals surface area (Å²) in [6.07, 6.45) is 4.67. The molecule has 1 atom stereocenters. The molecule has 1 saturated heterocycles. The number of carbonyl (C=O) groups is 1. The van der Waals surface area contributed by atoms with E-state index in [-0.39, 0.29) is 5.91 Å². The van der Waals surface area contributed by atoms with Crippen LogP contribution in [0.3, 0.4) is 0 Å². The van der Waals surface area contributed by atoms with E-state index in [4.69, 9.17) is 4.42 Å². The number of nitrogens with zero attached hydrogens (tertiary/aromatic N) is 3. The van der Waals surface area contributed by atoms with Gasteiger partial charge in [0.05, 0.1) is 0 Å². The number of nitrogens with one attached hydrogen (secondary N) is 1. The highest BCUT2D eigenvalue weighted by Gasteiger charge is 2.17. The number of likely N-dealkylation sites (tertiary alicyclic amines) is 1. The van der Waals surface area contributed by atoms with Crippen LogP contribution in [0.1, 0.15) is 44.1 Å². The van der Waals surface area contributed by atoms with Gasteiger partial charge < -0.3 is 9.73 Å². The van der Waals surface area contributed by atoms with Crippen LogP contribution < -0.4 is 5.32 Å². The molecule has 1 aromatic carbocycles. The summed E-state index contributed by atoms with van der Waals surface area (Å²) in [6.45, 7) is 7.06. The number of hydrogen-bond donors (Lipinski definition) is 1. The Labute approximate surface area is 155 Å². The summed E-state index contributed by atoms with van der Waals surface area (Å²) in [6, 6.07) is 8.56. The van der Waals surface area contributed by atoms with Crippen LogP contribution in [-0.4, -0.2) is 46.7 Å². The number of rotatable bonds is 7. The second kappa shape index (κ2) is 8.94. The fraction of sp³-hybridized carbons (Fsp3) is 0.550. The Morgan fingerprint density at radius 2 is 2.08 bits per heavy atom. The van der Waals surface area contributed by atoms with Crippen LogP contribution in [0.4, 0.5) is 0 Å². The number of carbonyl (C=O) groups excluding carboxylic acids is 1. The maximum atomic E-state index is 12.0. The van der Waals surface area contributed by atoms with Crippen LogP contribution in [0.5, 0.6) is 0 Å². The molecule has 1 aromatic heterocycles. The molecule has 0 radical (unpaired) electrons. The smallest absolute Gasteiger partial charge is 0.247 e. The Hall–Kier alpha value is -2.21. The van der Waals surface area contributed by atoms with Crippen molar-refractivity contribution in [2.24, 2.45) is 0 Å². The summed E-state index contributed by atoms with van der Waals surface area (Å²) in [5, 5.41) is 11.1. The predicted molar refractivity (Wildman–Crippen MR) is 101 cm³/mol. The van der Waals surface area contributed by atoms with Crippen molar-refractivity contribution in [3.63, 3.8) is 0 Å². The topological polar surface area (TPSA) is 71.3 Å². The number of hydrogen-bond acceptors (Lipinski definition) is 5. The summed E-state index contributed by atoms with van der Waals surface area (Å²) in [5.41, 5.74) is 2.08. The molecule has 1 fully saturated rings. The van der Waals surface area contributed by atoms with Crippen molar-refractivity contribution < 1.29 is 9.21 Å². The summed E-state index contributed by atoms with van der Waals surface area (Å²) < 4.78 is 5.66. The molecule has 1 aliphatic rings. The minimum absolute atomic E-state index is 0.0322. The highest BCUT2D eigenvalue weighted by atomic mass is 16.4. The maximum Gasteiger partial charge on any atom is 0.247 e. The molecule has 0 aliphatic carbocycles. The molecule has 6 heteroatoms. The van der Waals surface area contributed by atoms with E-state index in [0.717, 1.165) is 18.7 Å². The van der Waals surface area contributed by atoms with Crippen LogP contribution in [0.2, 0.25) is 0 Å². The molecule has 1 amide bonds. The average Bonchev–Trinajstić information content (AvgIpc) is 3.11. The maximum absolute atomic E-state index is 12.0. The molecule has 0 saturated carbocycles. The Kier molecular flexibility index (Phi) is 6.39. The Bertz CT molecular complexity index is 711. The van der Waals surface area contributed by atoms with Crippen LogP contribution in [0.25, 0.3) is 11.5 Å². The molecule has 6 nitrogen and oxygen atoms in total. The first-order chi connectivity index (χ1) is 12.6. The largest absolute Gasteiger partial charge is 0.421 e. The molecule has 2 aromatic rings. The minimum atomic E-state index is 0.0322. The van der Waals surface area contributed by atoms with Gasteiger partial charge in [-0.2, -0.15) is 0 Å². The number of piperidine rings is 1. The van der Waals surface area contributed by atoms with Gasteiger partial charge in [-0.25, -0.2) is 0 Å². The monoisotopic (exact) mass is 356 g/mol. The summed E-state index contributed by atoms with van der Waals surface area (Å²) in [4.78, 5) is 14.5. The normalized spacial score (nSPS) is 18.0. The molecule has 0 bridgehead atoms. The number of benzene rings is 1. The third-order valence-corrected chi connectivity index (χ3v) is 4.99. The molecule has 26 heavy (non-hydrogen) atoms. The van der Waals surface area contributed by atoms with Crippen molar-refractivity contribution in [3.05, 3.63) is 35.7 Å². The second-order valence-corrected chi connectivity index (χ2v) is 7.10. The Morgan fingerprint density at radius 1 is 1.27 bits per heavy atom. The van der Waals surface area contributed by atoms with Crippen molar-refractivity contribution in [2.75, 3.05) is 19.6 Å². The van der Waals surface area contributed by atoms with E-state index in [1.165, 1.54) is 24.8 Å². The fourth-order valence-corrected chi connectivity index (χ4v) is 3.31. The second-order valence-electron chi connectivity index (χ2n) is 7.10. The zero-order valence-corrected chi connectivity index (χ0v) is 15.7. The summed E-state index contributed by atoms with van der Waals surface area (Å²) in [7, 11) is 0. The fourth-order valence-electron chi connectivity index (χ4n) is 3.31. The number of amides is 1. The van der Waals surface area contributed by atoms with Crippen LogP contribution in [-0.2, 0) is 11.2 Å². The van der Waals surface area contributed by atoms with Crippen LogP contribution in [0.15, 0.2) is 28.7 Å². The zero-order chi connectivity index (χ0) is 18.4. The minimum Gasteiger partial charge on any atom is -0.421 e. The summed E-state index contributed by atoms with van der Waals surface area (Å²) >= 11 is 0. The van der Waals surface area contributed by atoms with Gasteiger partial charge in [-0.15, -0.1) is 10.2 Å². The first-order valence-electron chi connectivity index (χ1n) is 9.52. The first-order valence-corrected chi connectivity index (χ1v) is 9.52. The van der Waals surface area contributed by atoms with Crippen LogP contribution >= 0.6 is 0 Å². The van der Waals surface area contributed by atoms with Gasteiger partial charge in [0.1, 0.15) is 0 Å². The van der Waals surface area contributed by atoms with E-state index >= 15 is 0 Å². The molecular formula is C20H28N4O2. The third kappa shape index (κ3) is 5.14. The van der Waals surface area contributed by atoms with Gasteiger partial charge in [0.2, 0.25) is 17.7 Å². The van der Waals surface area contributed by atoms with Gasteiger partial charge in [0.25, 0.3) is 0 Å². The molecule has 1 aliphatic heterocycles. The van der Waals surface area contributed by atoms with Gasteiger partial charge >= 0.3 is 0 Å². The van der Waals surface area contributed by atoms with Crippen molar-refractivity contribution in [3.8, 4) is 11.5 Å². The van der Waals surface area contributed by atoms with E-state index in [0.29, 0.717) is 37.2 Å². The van der Waals surface area contributed by atoms with E-state index < -0.39 is 0 Å². The highest BCUT2D eigenvalue weighted by molar-refractivity contribution is 5.76. The Morgan fingerprint density at radius 3 is 2.85 bits per heavy atom.